The van der Waals surface area contributed by atoms with Gasteiger partial charge in [0.1, 0.15) is 24.4 Å². The van der Waals surface area contributed by atoms with Crippen molar-refractivity contribution in [3.05, 3.63) is 132 Å². The lowest BCUT2D eigenvalue weighted by Crippen LogP contribution is -2.60. The molecule has 5 aromatic rings. The Morgan fingerprint density at radius 2 is 1.14 bits per heavy atom. The van der Waals surface area contributed by atoms with Crippen molar-refractivity contribution in [3.8, 4) is 0 Å². The van der Waals surface area contributed by atoms with E-state index in [1.165, 1.54) is 10.8 Å². The summed E-state index contributed by atoms with van der Waals surface area (Å²) in [5.74, 6) is 0. The van der Waals surface area contributed by atoms with Gasteiger partial charge in [-0.15, -0.1) is 0 Å². The number of benzene rings is 5. The third-order valence-electron chi connectivity index (χ3n) is 7.76. The normalized spacial score (nSPS) is 22.5. The first-order valence-corrected chi connectivity index (χ1v) is 14.3. The summed E-state index contributed by atoms with van der Waals surface area (Å²) in [4.78, 5) is 0. The van der Waals surface area contributed by atoms with Crippen LogP contribution in [0.3, 0.4) is 0 Å². The van der Waals surface area contributed by atoms with E-state index in [1.54, 1.807) is 7.11 Å². The summed E-state index contributed by atoms with van der Waals surface area (Å²) in [5, 5.41) is 16.1. The zero-order valence-electron chi connectivity index (χ0n) is 23.7. The van der Waals surface area contributed by atoms with Crippen molar-refractivity contribution >= 4 is 21.5 Å². The topological polar surface area (TPSA) is 66.4 Å². The minimum atomic E-state index is -0.991. The van der Waals surface area contributed by atoms with Crippen LogP contribution in [-0.2, 0) is 43.5 Å². The lowest BCUT2D eigenvalue weighted by Gasteiger charge is -2.43. The standard InChI is InChI=1S/C36H36O6/c1-38-36-35(41-23-27-16-18-29-12-6-8-14-31(29)20-27)34(40-22-26-15-17-28-11-5-7-13-30(28)19-26)33(37)32(42-36)24-39-21-25-9-3-2-4-10-25/h2-20,32-37H,21-24H2,1H3/t32-,33-,34+,35-,36+/m1/s1. The van der Waals surface area contributed by atoms with Crippen molar-refractivity contribution < 1.29 is 28.8 Å². The molecule has 1 N–H and O–H groups in total. The average molecular weight is 565 g/mol. The van der Waals surface area contributed by atoms with Crippen molar-refractivity contribution in [2.24, 2.45) is 0 Å². The number of rotatable bonds is 11. The van der Waals surface area contributed by atoms with Gasteiger partial charge in [0.15, 0.2) is 6.29 Å². The summed E-state index contributed by atoms with van der Waals surface area (Å²) in [6, 6.07) is 38.8. The molecule has 1 aliphatic heterocycles. The molecule has 1 heterocycles. The molecule has 5 aromatic carbocycles. The Bertz CT molecular complexity index is 1590. The number of ether oxygens (including phenoxy) is 5. The van der Waals surface area contributed by atoms with Gasteiger partial charge in [0.05, 0.1) is 26.4 Å². The Kier molecular flexibility index (Phi) is 9.21. The molecule has 0 unspecified atom stereocenters. The lowest BCUT2D eigenvalue weighted by atomic mass is 9.98. The van der Waals surface area contributed by atoms with E-state index < -0.39 is 30.7 Å². The summed E-state index contributed by atoms with van der Waals surface area (Å²) < 4.78 is 30.7. The minimum Gasteiger partial charge on any atom is -0.387 e. The van der Waals surface area contributed by atoms with Gasteiger partial charge in [0.2, 0.25) is 0 Å². The van der Waals surface area contributed by atoms with Crippen molar-refractivity contribution in [2.75, 3.05) is 13.7 Å². The second kappa shape index (κ2) is 13.6. The SMILES string of the molecule is CO[C@H]1O[C@H](COCc2ccccc2)[C@@H](O)[C@H](OCc2ccc3ccccc3c2)[C@H]1OCc1ccc2ccccc2c1. The molecule has 0 aliphatic carbocycles. The molecule has 6 rings (SSSR count). The van der Waals surface area contributed by atoms with E-state index in [1.807, 2.05) is 60.7 Å². The van der Waals surface area contributed by atoms with Gasteiger partial charge >= 0.3 is 0 Å². The molecule has 5 atom stereocenters. The summed E-state index contributed by atoms with van der Waals surface area (Å²) in [6.45, 7) is 1.21. The van der Waals surface area contributed by atoms with Crippen LogP contribution in [0.15, 0.2) is 115 Å². The average Bonchev–Trinajstić information content (AvgIpc) is 3.04. The maximum Gasteiger partial charge on any atom is 0.186 e. The first-order valence-electron chi connectivity index (χ1n) is 14.3. The number of hydrogen-bond donors (Lipinski definition) is 1. The molecule has 0 aromatic heterocycles. The van der Waals surface area contributed by atoms with Gasteiger partial charge in [-0.2, -0.15) is 0 Å². The predicted octanol–water partition coefficient (Wildman–Crippen LogP) is 6.41. The largest absolute Gasteiger partial charge is 0.387 e. The van der Waals surface area contributed by atoms with Gasteiger partial charge in [-0.25, -0.2) is 0 Å². The van der Waals surface area contributed by atoms with Gasteiger partial charge in [-0.05, 0) is 50.4 Å². The number of methoxy groups -OCH3 is 1. The minimum absolute atomic E-state index is 0.184. The van der Waals surface area contributed by atoms with Crippen molar-refractivity contribution in [3.63, 3.8) is 0 Å². The number of aliphatic hydroxyl groups is 1. The van der Waals surface area contributed by atoms with E-state index in [9.17, 15) is 5.11 Å². The first kappa shape index (κ1) is 28.5. The second-order valence-electron chi connectivity index (χ2n) is 10.7. The first-order chi connectivity index (χ1) is 20.7. The molecule has 6 heteroatoms. The van der Waals surface area contributed by atoms with Crippen LogP contribution < -0.4 is 0 Å². The molecule has 0 bridgehead atoms. The molecular weight excluding hydrogens is 528 g/mol. The molecule has 42 heavy (non-hydrogen) atoms. The highest BCUT2D eigenvalue weighted by molar-refractivity contribution is 5.83. The van der Waals surface area contributed by atoms with E-state index in [2.05, 4.69) is 54.6 Å². The lowest BCUT2D eigenvalue weighted by molar-refractivity contribution is -0.315. The maximum absolute atomic E-state index is 11.5. The molecule has 1 saturated heterocycles. The molecule has 0 saturated carbocycles. The summed E-state index contributed by atoms with van der Waals surface area (Å²) >= 11 is 0. The van der Waals surface area contributed by atoms with Gasteiger partial charge < -0.3 is 28.8 Å². The van der Waals surface area contributed by atoms with Crippen LogP contribution in [0.1, 0.15) is 16.7 Å². The molecule has 0 spiro atoms. The van der Waals surface area contributed by atoms with E-state index >= 15 is 0 Å². The molecule has 216 valence electrons. The Morgan fingerprint density at radius 1 is 0.595 bits per heavy atom. The van der Waals surface area contributed by atoms with Crippen LogP contribution in [0.5, 0.6) is 0 Å². The van der Waals surface area contributed by atoms with Gasteiger partial charge in [-0.1, -0.05) is 103 Å². The Morgan fingerprint density at radius 3 is 1.74 bits per heavy atom. The highest BCUT2D eigenvalue weighted by Crippen LogP contribution is 2.29. The zero-order chi connectivity index (χ0) is 28.7. The number of hydrogen-bond acceptors (Lipinski definition) is 6. The maximum atomic E-state index is 11.5. The van der Waals surface area contributed by atoms with E-state index in [-0.39, 0.29) is 6.61 Å². The van der Waals surface area contributed by atoms with E-state index in [0.29, 0.717) is 19.8 Å². The molecule has 0 radical (unpaired) electrons. The quantitative estimate of drug-likeness (QED) is 0.200. The summed E-state index contributed by atoms with van der Waals surface area (Å²) in [6.07, 6.45) is -3.76. The fourth-order valence-corrected chi connectivity index (χ4v) is 5.49. The highest BCUT2D eigenvalue weighted by atomic mass is 16.7. The molecule has 1 fully saturated rings. The Labute approximate surface area is 246 Å². The fraction of sp³-hybridized carbons (Fsp3) is 0.278. The molecule has 0 amide bonds. The van der Waals surface area contributed by atoms with Crippen molar-refractivity contribution in [2.45, 2.75) is 50.5 Å². The monoisotopic (exact) mass is 564 g/mol. The molecule has 6 nitrogen and oxygen atoms in total. The van der Waals surface area contributed by atoms with Crippen LogP contribution in [0.2, 0.25) is 0 Å². The van der Waals surface area contributed by atoms with Crippen LogP contribution in [0.4, 0.5) is 0 Å². The van der Waals surface area contributed by atoms with Crippen LogP contribution in [-0.4, -0.2) is 49.5 Å². The van der Waals surface area contributed by atoms with Crippen LogP contribution >= 0.6 is 0 Å². The van der Waals surface area contributed by atoms with E-state index in [0.717, 1.165) is 27.5 Å². The van der Waals surface area contributed by atoms with Crippen LogP contribution in [0.25, 0.3) is 21.5 Å². The van der Waals surface area contributed by atoms with Gasteiger partial charge in [0, 0.05) is 7.11 Å². The molecular formula is C36H36O6. The fourth-order valence-electron chi connectivity index (χ4n) is 5.49. The Balaban J connectivity index is 1.19. The Hall–Kier alpha value is -3.62. The smallest absolute Gasteiger partial charge is 0.186 e. The second-order valence-corrected chi connectivity index (χ2v) is 10.7. The summed E-state index contributed by atoms with van der Waals surface area (Å²) in [5.41, 5.74) is 3.07. The van der Waals surface area contributed by atoms with Crippen molar-refractivity contribution in [1.29, 1.82) is 0 Å². The van der Waals surface area contributed by atoms with E-state index in [4.69, 9.17) is 23.7 Å². The van der Waals surface area contributed by atoms with Crippen molar-refractivity contribution in [1.82, 2.24) is 0 Å². The van der Waals surface area contributed by atoms with Gasteiger partial charge in [-0.3, -0.25) is 0 Å². The zero-order valence-corrected chi connectivity index (χ0v) is 23.7. The number of fused-ring (bicyclic) bond motifs is 2. The predicted molar refractivity (Wildman–Crippen MR) is 163 cm³/mol. The number of aliphatic hydroxyl groups excluding tert-OH is 1. The highest BCUT2D eigenvalue weighted by Gasteiger charge is 2.47. The van der Waals surface area contributed by atoms with Crippen LogP contribution in [0, 0.1) is 0 Å². The third-order valence-corrected chi connectivity index (χ3v) is 7.76. The third kappa shape index (κ3) is 6.71. The van der Waals surface area contributed by atoms with Gasteiger partial charge in [0.25, 0.3) is 0 Å². The molecule has 1 aliphatic rings. The summed E-state index contributed by atoms with van der Waals surface area (Å²) in [7, 11) is 1.58.